The average Bonchev–Trinajstić information content (AvgIpc) is 3.44. The molecule has 5 aromatic rings. The van der Waals surface area contributed by atoms with Crippen molar-refractivity contribution < 1.29 is 13.9 Å². The van der Waals surface area contributed by atoms with Crippen LogP contribution in [-0.2, 0) is 18.1 Å². The van der Waals surface area contributed by atoms with Crippen molar-refractivity contribution in [3.8, 4) is 11.6 Å². The molecule has 8 nitrogen and oxygen atoms in total. The summed E-state index contributed by atoms with van der Waals surface area (Å²) in [5, 5.41) is 10.2. The van der Waals surface area contributed by atoms with E-state index in [1.807, 2.05) is 30.3 Å². The molecule has 10 heteroatoms. The molecule has 0 amide bonds. The number of fused-ring (bicyclic) bond motifs is 2. The zero-order valence-corrected chi connectivity index (χ0v) is 21.0. The van der Waals surface area contributed by atoms with Gasteiger partial charge in [-0.3, -0.25) is 0 Å². The van der Waals surface area contributed by atoms with E-state index in [9.17, 15) is 0 Å². The lowest BCUT2D eigenvalue weighted by Gasteiger charge is -2.15. The summed E-state index contributed by atoms with van der Waals surface area (Å²) in [5.74, 6) is -0.0356. The summed E-state index contributed by atoms with van der Waals surface area (Å²) >= 11 is 0. The topological polar surface area (TPSA) is 79.9 Å². The van der Waals surface area contributed by atoms with Crippen LogP contribution in [0.4, 0.5) is 4.39 Å². The molecule has 0 spiro atoms. The minimum Gasteiger partial charge on any atom is -0.472 e. The van der Waals surface area contributed by atoms with Gasteiger partial charge in [0.15, 0.2) is 11.5 Å². The quantitative estimate of drug-likeness (QED) is 0.209. The highest BCUT2D eigenvalue weighted by Gasteiger charge is 2.17. The standard InChI is InChI=1S/C25H27FN6O2Si/c1-35(2,3)10-9-33-17-31-22-12-21(26)23(11-19(22)13-29-31)32-24-20(14-30-32)25(28-16-27-24)34-15-18-7-5-4-6-8-18/h4-8,11-14,16H,9-10,15,17H2,1-3H3. The summed E-state index contributed by atoms with van der Waals surface area (Å²) in [4.78, 5) is 8.58. The van der Waals surface area contributed by atoms with Gasteiger partial charge in [0, 0.05) is 26.1 Å². The molecule has 0 aliphatic carbocycles. The van der Waals surface area contributed by atoms with E-state index in [2.05, 4.69) is 39.8 Å². The minimum absolute atomic E-state index is 0.277. The van der Waals surface area contributed by atoms with Crippen molar-refractivity contribution in [2.75, 3.05) is 6.61 Å². The Labute approximate surface area is 203 Å². The Morgan fingerprint density at radius 2 is 1.83 bits per heavy atom. The number of aromatic nitrogens is 6. The van der Waals surface area contributed by atoms with Crippen molar-refractivity contribution in [1.82, 2.24) is 29.5 Å². The van der Waals surface area contributed by atoms with Crippen LogP contribution in [0.25, 0.3) is 27.6 Å². The van der Waals surface area contributed by atoms with E-state index in [-0.39, 0.29) is 12.4 Å². The number of hydrogen-bond acceptors (Lipinski definition) is 6. The Hall–Kier alpha value is -3.63. The molecule has 0 aliphatic heterocycles. The predicted molar refractivity (Wildman–Crippen MR) is 135 cm³/mol. The van der Waals surface area contributed by atoms with Gasteiger partial charge in [-0.05, 0) is 17.7 Å². The molecular formula is C25H27FN6O2Si. The molecule has 0 N–H and O–H groups in total. The third kappa shape index (κ3) is 5.08. The Kier molecular flexibility index (Phi) is 6.31. The van der Waals surface area contributed by atoms with Crippen LogP contribution in [0, 0.1) is 5.82 Å². The molecule has 0 bridgehead atoms. The van der Waals surface area contributed by atoms with Crippen molar-refractivity contribution in [1.29, 1.82) is 0 Å². The van der Waals surface area contributed by atoms with Crippen LogP contribution in [0.3, 0.4) is 0 Å². The number of halogens is 1. The lowest BCUT2D eigenvalue weighted by Crippen LogP contribution is -2.22. The van der Waals surface area contributed by atoms with E-state index in [0.29, 0.717) is 35.6 Å². The highest BCUT2D eigenvalue weighted by molar-refractivity contribution is 6.76. The van der Waals surface area contributed by atoms with Gasteiger partial charge in [-0.2, -0.15) is 10.2 Å². The van der Waals surface area contributed by atoms with Gasteiger partial charge in [0.1, 0.15) is 30.7 Å². The lowest BCUT2D eigenvalue weighted by molar-refractivity contribution is 0.0817. The second kappa shape index (κ2) is 9.55. The van der Waals surface area contributed by atoms with Crippen LogP contribution in [0.1, 0.15) is 5.56 Å². The monoisotopic (exact) mass is 490 g/mol. The number of hydrogen-bond donors (Lipinski definition) is 0. The van der Waals surface area contributed by atoms with E-state index in [1.165, 1.54) is 17.1 Å². The normalized spacial score (nSPS) is 12.0. The molecule has 0 unspecified atom stereocenters. The molecule has 0 aliphatic rings. The first-order valence-corrected chi connectivity index (χ1v) is 15.2. The number of rotatable bonds is 9. The third-order valence-electron chi connectivity index (χ3n) is 5.70. The van der Waals surface area contributed by atoms with Crippen molar-refractivity contribution in [3.05, 3.63) is 72.6 Å². The summed E-state index contributed by atoms with van der Waals surface area (Å²) < 4.78 is 30.1. The zero-order valence-electron chi connectivity index (χ0n) is 20.0. The van der Waals surface area contributed by atoms with Crippen LogP contribution >= 0.6 is 0 Å². The smallest absolute Gasteiger partial charge is 0.228 e. The summed E-state index contributed by atoms with van der Waals surface area (Å²) in [6.07, 6.45) is 4.69. The van der Waals surface area contributed by atoms with Gasteiger partial charge in [-0.1, -0.05) is 50.0 Å². The van der Waals surface area contributed by atoms with Gasteiger partial charge < -0.3 is 9.47 Å². The Balaban J connectivity index is 1.39. The van der Waals surface area contributed by atoms with Gasteiger partial charge in [-0.25, -0.2) is 23.7 Å². The molecule has 3 aromatic heterocycles. The van der Waals surface area contributed by atoms with Crippen LogP contribution in [0.2, 0.25) is 25.7 Å². The lowest BCUT2D eigenvalue weighted by atomic mass is 10.2. The van der Waals surface area contributed by atoms with Gasteiger partial charge in [0.25, 0.3) is 0 Å². The first kappa shape index (κ1) is 23.1. The van der Waals surface area contributed by atoms with E-state index in [0.717, 1.165) is 17.0 Å². The zero-order chi connectivity index (χ0) is 24.4. The molecule has 3 heterocycles. The summed E-state index contributed by atoms with van der Waals surface area (Å²) in [5.41, 5.74) is 2.42. The molecule has 0 saturated heterocycles. The maximum atomic E-state index is 15.3. The maximum Gasteiger partial charge on any atom is 0.228 e. The number of benzene rings is 2. The average molecular weight is 491 g/mol. The molecule has 5 rings (SSSR count). The molecule has 0 radical (unpaired) electrons. The Morgan fingerprint density at radius 1 is 1.00 bits per heavy atom. The van der Waals surface area contributed by atoms with Gasteiger partial charge in [-0.15, -0.1) is 0 Å². The van der Waals surface area contributed by atoms with Crippen molar-refractivity contribution in [2.45, 2.75) is 39.0 Å². The minimum atomic E-state index is -1.17. The van der Waals surface area contributed by atoms with Crippen molar-refractivity contribution in [2.24, 2.45) is 0 Å². The molecule has 0 fully saturated rings. The second-order valence-electron chi connectivity index (χ2n) is 9.60. The van der Waals surface area contributed by atoms with E-state index >= 15 is 4.39 Å². The number of ether oxygens (including phenoxy) is 2. The fourth-order valence-electron chi connectivity index (χ4n) is 3.72. The maximum absolute atomic E-state index is 15.3. The third-order valence-corrected chi connectivity index (χ3v) is 7.40. The van der Waals surface area contributed by atoms with E-state index in [1.54, 1.807) is 23.1 Å². The van der Waals surface area contributed by atoms with Crippen molar-refractivity contribution >= 4 is 30.0 Å². The SMILES string of the molecule is C[Si](C)(C)CCOCn1ncc2cc(-n3ncc4c(OCc5ccccc5)ncnc43)c(F)cc21. The molecule has 0 atom stereocenters. The summed E-state index contributed by atoms with van der Waals surface area (Å²) in [7, 11) is -1.17. The predicted octanol–water partition coefficient (Wildman–Crippen LogP) is 5.20. The highest BCUT2D eigenvalue weighted by Crippen LogP contribution is 2.27. The van der Waals surface area contributed by atoms with Gasteiger partial charge in [0.05, 0.1) is 17.9 Å². The second-order valence-corrected chi connectivity index (χ2v) is 15.2. The van der Waals surface area contributed by atoms with E-state index in [4.69, 9.17) is 9.47 Å². The first-order chi connectivity index (χ1) is 16.9. The largest absolute Gasteiger partial charge is 0.472 e. The fourth-order valence-corrected chi connectivity index (χ4v) is 4.48. The molecule has 35 heavy (non-hydrogen) atoms. The summed E-state index contributed by atoms with van der Waals surface area (Å²) in [6.45, 7) is 8.23. The molecule has 0 saturated carbocycles. The van der Waals surface area contributed by atoms with Crippen LogP contribution in [0.5, 0.6) is 5.88 Å². The number of nitrogens with zero attached hydrogens (tertiary/aromatic N) is 6. The van der Waals surface area contributed by atoms with Crippen LogP contribution in [-0.4, -0.2) is 44.2 Å². The first-order valence-electron chi connectivity index (χ1n) is 11.5. The molecule has 2 aromatic carbocycles. The summed E-state index contributed by atoms with van der Waals surface area (Å²) in [6, 6.07) is 14.0. The Morgan fingerprint density at radius 3 is 2.63 bits per heavy atom. The van der Waals surface area contributed by atoms with E-state index < -0.39 is 13.9 Å². The van der Waals surface area contributed by atoms with Gasteiger partial charge in [0.2, 0.25) is 5.88 Å². The molecule has 180 valence electrons. The Bertz CT molecular complexity index is 1460. The van der Waals surface area contributed by atoms with Crippen molar-refractivity contribution in [3.63, 3.8) is 0 Å². The fraction of sp³-hybridized carbons (Fsp3) is 0.280. The molecular weight excluding hydrogens is 463 g/mol. The van der Waals surface area contributed by atoms with Crippen LogP contribution < -0.4 is 4.74 Å². The van der Waals surface area contributed by atoms with Crippen LogP contribution in [0.15, 0.2) is 61.2 Å². The van der Waals surface area contributed by atoms with Gasteiger partial charge >= 0.3 is 0 Å². The highest BCUT2D eigenvalue weighted by atomic mass is 28.3.